The van der Waals surface area contributed by atoms with Crippen molar-refractivity contribution in [3.8, 4) is 0 Å². The zero-order valence-corrected chi connectivity index (χ0v) is 4.33. The Morgan fingerprint density at radius 3 is 1.80 bits per heavy atom. The Labute approximate surface area is 33.1 Å². The molecular weight excluding hydrogens is 83.0 g/mol. The summed E-state index contributed by atoms with van der Waals surface area (Å²) in [7, 11) is -0.279. The van der Waals surface area contributed by atoms with Crippen LogP contribution >= 0.6 is 7.92 Å². The van der Waals surface area contributed by atoms with Crippen molar-refractivity contribution in [1.82, 2.24) is 0 Å². The van der Waals surface area contributed by atoms with E-state index in [1.54, 1.807) is 0 Å². The van der Waals surface area contributed by atoms with Crippen molar-refractivity contribution in [3.63, 3.8) is 0 Å². The maximum Gasteiger partial charge on any atom is 0.141 e. The van der Waals surface area contributed by atoms with Gasteiger partial charge in [0.1, 0.15) is 6.03 Å². The molecule has 0 aliphatic carbocycles. The van der Waals surface area contributed by atoms with E-state index in [1.165, 1.54) is 0 Å². The van der Waals surface area contributed by atoms with Gasteiger partial charge in [-0.2, -0.15) is 0 Å². The first-order chi connectivity index (χ1) is 2.27. The van der Waals surface area contributed by atoms with Crippen LogP contribution in [0.2, 0.25) is 0 Å². The van der Waals surface area contributed by atoms with Crippen LogP contribution in [0.25, 0.3) is 0 Å². The number of hydrogen-bond donors (Lipinski definition) is 0. The van der Waals surface area contributed by atoms with Crippen LogP contribution in [0.1, 0.15) is 0 Å². The van der Waals surface area contributed by atoms with E-state index >= 15 is 0 Å². The van der Waals surface area contributed by atoms with Crippen LogP contribution in [-0.2, 0) is 4.79 Å². The molecule has 0 atom stereocenters. The van der Waals surface area contributed by atoms with E-state index in [2.05, 4.69) is 0 Å². The van der Waals surface area contributed by atoms with Crippen LogP contribution in [0.5, 0.6) is 0 Å². The minimum Gasteiger partial charge on any atom is -0.298 e. The fraction of sp³-hybridized carbons (Fsp3) is 0.667. The fourth-order valence-corrected chi connectivity index (χ4v) is 0. The lowest BCUT2D eigenvalue weighted by molar-refractivity contribution is 0.569. The van der Waals surface area contributed by atoms with Crippen molar-refractivity contribution in [2.75, 3.05) is 13.3 Å². The highest BCUT2D eigenvalue weighted by molar-refractivity contribution is 7.71. The Morgan fingerprint density at radius 2 is 1.80 bits per heavy atom. The average Bonchev–Trinajstić information content (AvgIpc) is 1.38. The SMILES string of the molecule is CP(C)C=O. The second-order valence-corrected chi connectivity index (χ2v) is 3.21. The summed E-state index contributed by atoms with van der Waals surface area (Å²) in [6, 6.07) is 0.981. The molecule has 0 saturated heterocycles. The molecule has 5 heavy (non-hydrogen) atoms. The topological polar surface area (TPSA) is 17.1 Å². The highest BCUT2D eigenvalue weighted by atomic mass is 31.1. The third kappa shape index (κ3) is 4.10. The van der Waals surface area contributed by atoms with Crippen molar-refractivity contribution < 1.29 is 4.79 Å². The second-order valence-electron chi connectivity index (χ2n) is 1.07. The summed E-state index contributed by atoms with van der Waals surface area (Å²) in [5.74, 6) is 0. The van der Waals surface area contributed by atoms with E-state index in [9.17, 15) is 4.79 Å². The van der Waals surface area contributed by atoms with Gasteiger partial charge in [-0.3, -0.25) is 4.79 Å². The van der Waals surface area contributed by atoms with Gasteiger partial charge >= 0.3 is 0 Å². The first-order valence-electron chi connectivity index (χ1n) is 1.39. The van der Waals surface area contributed by atoms with E-state index in [0.717, 1.165) is 6.03 Å². The van der Waals surface area contributed by atoms with Crippen molar-refractivity contribution >= 4 is 13.9 Å². The highest BCUT2D eigenvalue weighted by Gasteiger charge is 1.78. The lowest BCUT2D eigenvalue weighted by Crippen LogP contribution is -1.60. The predicted molar refractivity (Wildman–Crippen MR) is 25.5 cm³/mol. The minimum absolute atomic E-state index is 0.279. The Bertz CT molecular complexity index is 33.9. The first-order valence-corrected chi connectivity index (χ1v) is 3.69. The zero-order chi connectivity index (χ0) is 4.28. The summed E-state index contributed by atoms with van der Waals surface area (Å²) in [6.45, 7) is 3.84. The molecule has 0 aliphatic heterocycles. The molecule has 0 spiro atoms. The fourth-order valence-electron chi connectivity index (χ4n) is 0. The predicted octanol–water partition coefficient (Wildman–Crippen LogP) is 0.918. The molecule has 0 aliphatic rings. The quantitative estimate of drug-likeness (QED) is 0.345. The molecule has 2 heteroatoms. The molecule has 0 aromatic rings. The van der Waals surface area contributed by atoms with Gasteiger partial charge < -0.3 is 0 Å². The molecule has 0 bridgehead atoms. The molecule has 0 saturated carbocycles. The van der Waals surface area contributed by atoms with E-state index in [-0.39, 0.29) is 7.92 Å². The lowest BCUT2D eigenvalue weighted by Gasteiger charge is -1.80. The molecule has 0 unspecified atom stereocenters. The van der Waals surface area contributed by atoms with Gasteiger partial charge in [0.05, 0.1) is 0 Å². The van der Waals surface area contributed by atoms with Gasteiger partial charge in [-0.1, -0.05) is 0 Å². The number of hydrogen-bond acceptors (Lipinski definition) is 1. The van der Waals surface area contributed by atoms with Gasteiger partial charge in [0.15, 0.2) is 0 Å². The Morgan fingerprint density at radius 1 is 1.60 bits per heavy atom. The van der Waals surface area contributed by atoms with Gasteiger partial charge in [-0.05, 0) is 21.3 Å². The second kappa shape index (κ2) is 2.34. The number of carbonyl (C=O) groups excluding carboxylic acids is 1. The molecule has 0 N–H and O–H groups in total. The monoisotopic (exact) mass is 90.0 g/mol. The van der Waals surface area contributed by atoms with E-state index in [0.29, 0.717) is 0 Å². The van der Waals surface area contributed by atoms with E-state index < -0.39 is 0 Å². The smallest absolute Gasteiger partial charge is 0.141 e. The summed E-state index contributed by atoms with van der Waals surface area (Å²) in [5, 5.41) is 0. The average molecular weight is 90.1 g/mol. The standard InChI is InChI=1S/C3H7OP/c1-5(2)3-4/h3H,1-2H3. The Hall–Kier alpha value is 0.100. The van der Waals surface area contributed by atoms with Crippen LogP contribution in [-0.4, -0.2) is 19.4 Å². The largest absolute Gasteiger partial charge is 0.298 e. The van der Waals surface area contributed by atoms with E-state index in [4.69, 9.17) is 0 Å². The molecule has 0 rings (SSSR count). The molecule has 0 amide bonds. The lowest BCUT2D eigenvalue weighted by atomic mass is 11.8. The molecule has 0 aromatic heterocycles. The van der Waals surface area contributed by atoms with Crippen molar-refractivity contribution in [2.45, 2.75) is 0 Å². The Balaban J connectivity index is 2.83. The van der Waals surface area contributed by atoms with Crippen molar-refractivity contribution in [3.05, 3.63) is 0 Å². The first kappa shape index (κ1) is 5.10. The van der Waals surface area contributed by atoms with Crippen LogP contribution in [0, 0.1) is 0 Å². The van der Waals surface area contributed by atoms with E-state index in [1.807, 2.05) is 13.3 Å². The minimum atomic E-state index is -0.279. The number of carbonyl (C=O) groups is 1. The third-order valence-electron chi connectivity index (χ3n) is 0.211. The summed E-state index contributed by atoms with van der Waals surface area (Å²) >= 11 is 0. The molecule has 1 nitrogen and oxygen atoms in total. The molecule has 0 heterocycles. The molecule has 0 fully saturated rings. The van der Waals surface area contributed by atoms with Crippen molar-refractivity contribution in [2.24, 2.45) is 0 Å². The summed E-state index contributed by atoms with van der Waals surface area (Å²) in [5.41, 5.74) is 0. The summed E-state index contributed by atoms with van der Waals surface area (Å²) in [4.78, 5) is 9.53. The van der Waals surface area contributed by atoms with Gasteiger partial charge in [-0.25, -0.2) is 0 Å². The molecule has 30 valence electrons. The molecule has 0 radical (unpaired) electrons. The van der Waals surface area contributed by atoms with Gasteiger partial charge in [0.25, 0.3) is 0 Å². The van der Waals surface area contributed by atoms with Gasteiger partial charge in [0.2, 0.25) is 0 Å². The number of rotatable bonds is 1. The van der Waals surface area contributed by atoms with Gasteiger partial charge in [0, 0.05) is 0 Å². The maximum absolute atomic E-state index is 9.53. The summed E-state index contributed by atoms with van der Waals surface area (Å²) in [6.07, 6.45) is 0. The van der Waals surface area contributed by atoms with Crippen LogP contribution in [0.15, 0.2) is 0 Å². The zero-order valence-electron chi connectivity index (χ0n) is 3.43. The normalized spacial score (nSPS) is 8.60. The summed E-state index contributed by atoms with van der Waals surface area (Å²) < 4.78 is 0. The van der Waals surface area contributed by atoms with Crippen LogP contribution in [0.3, 0.4) is 0 Å². The van der Waals surface area contributed by atoms with Gasteiger partial charge in [-0.15, -0.1) is 0 Å². The van der Waals surface area contributed by atoms with Crippen LogP contribution in [0.4, 0.5) is 0 Å². The van der Waals surface area contributed by atoms with Crippen LogP contribution < -0.4 is 0 Å². The Kier molecular flexibility index (Phi) is 2.39. The molecular formula is C3H7OP. The maximum atomic E-state index is 9.53. The third-order valence-corrected chi connectivity index (χ3v) is 0.632. The molecule has 0 aromatic carbocycles. The highest BCUT2D eigenvalue weighted by Crippen LogP contribution is 2.16. The van der Waals surface area contributed by atoms with Crippen molar-refractivity contribution in [1.29, 1.82) is 0 Å².